The minimum atomic E-state index is -0.734. The van der Waals surface area contributed by atoms with Crippen LogP contribution in [0.4, 0.5) is 5.69 Å². The van der Waals surface area contributed by atoms with Gasteiger partial charge in [0.05, 0.1) is 5.69 Å². The third-order valence-corrected chi connectivity index (χ3v) is 4.07. The molecular weight excluding hydrogens is 258 g/mol. The second-order valence-corrected chi connectivity index (χ2v) is 7.44. The summed E-state index contributed by atoms with van der Waals surface area (Å²) in [6.07, 6.45) is 0. The van der Waals surface area contributed by atoms with E-state index in [1.807, 2.05) is 12.1 Å². The van der Waals surface area contributed by atoms with E-state index in [-0.39, 0.29) is 1.43 Å². The molecule has 0 aliphatic rings. The number of anilines is 1. The second kappa shape index (κ2) is 6.07. The molecule has 0 unspecified atom stereocenters. The van der Waals surface area contributed by atoms with E-state index in [1.54, 1.807) is 11.3 Å². The Morgan fingerprint density at radius 1 is 1.28 bits per heavy atom. The molecular formula is C14H19NOSSi+. The Bertz CT molecular complexity index is 502. The number of benzene rings is 1. The molecule has 0 saturated carbocycles. The summed E-state index contributed by atoms with van der Waals surface area (Å²) in [6.45, 7) is 7.27. The smallest absolute Gasteiger partial charge is 0.541 e. The van der Waals surface area contributed by atoms with E-state index in [2.05, 4.69) is 48.9 Å². The fraction of sp³-hybridized carbons (Fsp3) is 0.286. The van der Waals surface area contributed by atoms with Gasteiger partial charge in [0.1, 0.15) is 5.75 Å². The minimum absolute atomic E-state index is 0. The molecule has 18 heavy (non-hydrogen) atoms. The maximum Gasteiger partial charge on any atom is 1.00 e. The van der Waals surface area contributed by atoms with Crippen molar-refractivity contribution in [2.45, 2.75) is 26.6 Å². The molecule has 1 N–H and O–H groups in total. The van der Waals surface area contributed by atoms with Crippen LogP contribution in [0.15, 0.2) is 35.7 Å². The second-order valence-electron chi connectivity index (χ2n) is 4.39. The highest BCUT2D eigenvalue weighted by atomic mass is 32.1. The lowest BCUT2D eigenvalue weighted by molar-refractivity contribution is 0.582. The quantitative estimate of drug-likeness (QED) is 0.817. The zero-order valence-corrected chi connectivity index (χ0v) is 12.8. The van der Waals surface area contributed by atoms with Gasteiger partial charge in [-0.25, -0.2) is 0 Å². The molecule has 0 spiro atoms. The van der Waals surface area contributed by atoms with Crippen molar-refractivity contribution in [3.8, 4) is 5.75 Å². The Morgan fingerprint density at radius 2 is 2.11 bits per heavy atom. The summed E-state index contributed by atoms with van der Waals surface area (Å²) < 4.78 is 5.94. The average Bonchev–Trinajstić information content (AvgIpc) is 2.80. The highest BCUT2D eigenvalue weighted by Gasteiger charge is 2.09. The van der Waals surface area contributed by atoms with Crippen molar-refractivity contribution < 1.29 is 5.85 Å². The first kappa shape index (κ1) is 13.2. The first-order chi connectivity index (χ1) is 8.66. The van der Waals surface area contributed by atoms with Crippen LogP contribution in [0.5, 0.6) is 5.75 Å². The summed E-state index contributed by atoms with van der Waals surface area (Å²) >= 11 is 1.77. The Hall–Kier alpha value is -1.26. The number of rotatable bonds is 5. The molecule has 0 fully saturated rings. The largest absolute Gasteiger partial charge is 1.00 e. The summed E-state index contributed by atoms with van der Waals surface area (Å²) in [5.74, 6) is 0.977. The zero-order valence-electron chi connectivity index (χ0n) is 12.0. The third-order valence-electron chi connectivity index (χ3n) is 2.57. The van der Waals surface area contributed by atoms with Crippen LogP contribution in [0.2, 0.25) is 13.1 Å². The Kier molecular flexibility index (Phi) is 4.44. The summed E-state index contributed by atoms with van der Waals surface area (Å²) in [4.78, 5) is 1.34. The fourth-order valence-corrected chi connectivity index (χ4v) is 3.02. The van der Waals surface area contributed by atoms with Gasteiger partial charge in [0, 0.05) is 11.4 Å². The molecule has 4 heteroatoms. The number of hydrogen-bond acceptors (Lipinski definition) is 3. The molecule has 2 rings (SSSR count). The molecule has 1 aromatic heterocycles. The number of para-hydroxylation sites is 1. The Balaban J connectivity index is 0.00000180. The molecule has 2 aromatic rings. The van der Waals surface area contributed by atoms with Crippen LogP contribution in [-0.2, 0) is 6.54 Å². The van der Waals surface area contributed by atoms with E-state index in [0.717, 1.165) is 18.0 Å². The van der Waals surface area contributed by atoms with Gasteiger partial charge in [-0.1, -0.05) is 18.2 Å². The molecule has 0 aliphatic heterocycles. The number of aryl methyl sites for hydroxylation is 1. The van der Waals surface area contributed by atoms with Gasteiger partial charge >= 0.3 is 1.43 Å². The monoisotopic (exact) mass is 277 g/mol. The molecule has 0 atom stereocenters. The highest BCUT2D eigenvalue weighted by molar-refractivity contribution is 7.09. The first-order valence-electron chi connectivity index (χ1n) is 6.00. The standard InChI is InChI=1S/C14H18NOSSi/c1-11-6-4-8-13(16-18(2)3)14(11)15-10-12-7-5-9-17-12/h4-9,15H,10H2,1-3H3/p+1. The maximum atomic E-state index is 5.94. The number of thiophene rings is 1. The van der Waals surface area contributed by atoms with Gasteiger partial charge in [-0.05, 0) is 43.1 Å². The molecule has 0 saturated heterocycles. The Labute approximate surface area is 116 Å². The van der Waals surface area contributed by atoms with Crippen molar-refractivity contribution in [2.24, 2.45) is 0 Å². The molecule has 1 radical (unpaired) electrons. The van der Waals surface area contributed by atoms with E-state index < -0.39 is 9.04 Å². The average molecular weight is 277 g/mol. The van der Waals surface area contributed by atoms with Gasteiger partial charge in [0.25, 0.3) is 9.04 Å². The summed E-state index contributed by atoms with van der Waals surface area (Å²) in [6, 6.07) is 10.4. The molecule has 1 aromatic carbocycles. The predicted molar refractivity (Wildman–Crippen MR) is 82.0 cm³/mol. The molecule has 0 amide bonds. The number of hydrogen-bond donors (Lipinski definition) is 1. The van der Waals surface area contributed by atoms with E-state index >= 15 is 0 Å². The van der Waals surface area contributed by atoms with E-state index in [0.29, 0.717) is 0 Å². The van der Waals surface area contributed by atoms with Crippen LogP contribution in [-0.4, -0.2) is 9.04 Å². The lowest BCUT2D eigenvalue weighted by Gasteiger charge is -2.16. The van der Waals surface area contributed by atoms with E-state index in [1.165, 1.54) is 10.4 Å². The highest BCUT2D eigenvalue weighted by Crippen LogP contribution is 2.29. The molecule has 0 aliphatic carbocycles. The molecule has 95 valence electrons. The van der Waals surface area contributed by atoms with Gasteiger partial charge in [0.2, 0.25) is 0 Å². The van der Waals surface area contributed by atoms with Crippen LogP contribution in [0.25, 0.3) is 0 Å². The summed E-state index contributed by atoms with van der Waals surface area (Å²) in [5.41, 5.74) is 2.35. The maximum absolute atomic E-state index is 5.94. The Morgan fingerprint density at radius 3 is 2.78 bits per heavy atom. The van der Waals surface area contributed by atoms with Crippen LogP contribution in [0.1, 0.15) is 11.9 Å². The topological polar surface area (TPSA) is 21.3 Å². The first-order valence-corrected chi connectivity index (χ1v) is 9.29. The van der Waals surface area contributed by atoms with Gasteiger partial charge in [0.15, 0.2) is 0 Å². The van der Waals surface area contributed by atoms with Crippen LogP contribution in [0, 0.1) is 6.92 Å². The SMILES string of the molecule is Cc1cccc(O[Si](C)C)c1NCc1cccs1.[H+]. The van der Waals surface area contributed by atoms with E-state index in [4.69, 9.17) is 4.43 Å². The summed E-state index contributed by atoms with van der Waals surface area (Å²) in [7, 11) is -0.734. The molecule has 2 nitrogen and oxygen atoms in total. The predicted octanol–water partition coefficient (Wildman–Crippen LogP) is 4.41. The van der Waals surface area contributed by atoms with Crippen LogP contribution < -0.4 is 9.74 Å². The molecule has 0 bridgehead atoms. The van der Waals surface area contributed by atoms with Crippen molar-refractivity contribution in [2.75, 3.05) is 5.32 Å². The van der Waals surface area contributed by atoms with Crippen molar-refractivity contribution in [3.63, 3.8) is 0 Å². The van der Waals surface area contributed by atoms with Crippen LogP contribution in [0.3, 0.4) is 0 Å². The third kappa shape index (κ3) is 3.37. The van der Waals surface area contributed by atoms with Crippen molar-refractivity contribution in [1.29, 1.82) is 0 Å². The van der Waals surface area contributed by atoms with Crippen molar-refractivity contribution in [1.82, 2.24) is 0 Å². The normalized spacial score (nSPS) is 10.7. The molecule has 1 heterocycles. The van der Waals surface area contributed by atoms with Gasteiger partial charge in [-0.3, -0.25) is 0 Å². The number of nitrogens with one attached hydrogen (secondary N) is 1. The fourth-order valence-electron chi connectivity index (χ4n) is 1.76. The minimum Gasteiger partial charge on any atom is -0.541 e. The zero-order chi connectivity index (χ0) is 13.0. The lowest BCUT2D eigenvalue weighted by Crippen LogP contribution is -2.13. The van der Waals surface area contributed by atoms with Gasteiger partial charge in [-0.15, -0.1) is 11.3 Å². The van der Waals surface area contributed by atoms with Crippen molar-refractivity contribution in [3.05, 3.63) is 46.2 Å². The van der Waals surface area contributed by atoms with Gasteiger partial charge in [-0.2, -0.15) is 0 Å². The van der Waals surface area contributed by atoms with Gasteiger partial charge < -0.3 is 9.74 Å². The van der Waals surface area contributed by atoms with Crippen molar-refractivity contribution >= 4 is 26.1 Å². The van der Waals surface area contributed by atoms with Crippen LogP contribution >= 0.6 is 11.3 Å². The summed E-state index contributed by atoms with van der Waals surface area (Å²) in [5, 5.41) is 5.59. The lowest BCUT2D eigenvalue weighted by atomic mass is 10.2. The van der Waals surface area contributed by atoms with E-state index in [9.17, 15) is 0 Å².